The third kappa shape index (κ3) is 8.39. The van der Waals surface area contributed by atoms with Crippen LogP contribution in [0, 0.1) is 0 Å². The number of aromatic nitrogens is 1. The highest BCUT2D eigenvalue weighted by atomic mass is 16.2. The topological polar surface area (TPSA) is 120 Å². The Balaban J connectivity index is 1.20. The van der Waals surface area contributed by atoms with Crippen molar-refractivity contribution in [1.82, 2.24) is 31.6 Å². The minimum absolute atomic E-state index is 0.208. The first-order chi connectivity index (χ1) is 21.1. The number of hydrogen-bond acceptors (Lipinski definition) is 7. The molecule has 2 heterocycles. The molecule has 5 rings (SSSR count). The quantitative estimate of drug-likeness (QED) is 0.154. The average Bonchev–Trinajstić information content (AvgIpc) is 3.56. The molecule has 2 amide bonds. The molecule has 9 heteroatoms. The predicted molar refractivity (Wildman–Crippen MR) is 171 cm³/mol. The van der Waals surface area contributed by atoms with E-state index in [0.717, 1.165) is 46.6 Å². The fourth-order valence-electron chi connectivity index (χ4n) is 5.17. The number of aliphatic imine (C=N–C) groups is 1. The summed E-state index contributed by atoms with van der Waals surface area (Å²) in [4.78, 5) is 35.5. The summed E-state index contributed by atoms with van der Waals surface area (Å²) in [6.45, 7) is 5.52. The lowest BCUT2D eigenvalue weighted by Gasteiger charge is -2.23. The van der Waals surface area contributed by atoms with E-state index < -0.39 is 6.04 Å². The van der Waals surface area contributed by atoms with Crippen LogP contribution >= 0.6 is 0 Å². The van der Waals surface area contributed by atoms with Gasteiger partial charge in [0, 0.05) is 37.9 Å². The van der Waals surface area contributed by atoms with Gasteiger partial charge in [0.25, 0.3) is 5.91 Å². The number of nitrogens with zero attached hydrogens (tertiary/aromatic N) is 2. The Hall–Kier alpha value is -4.76. The Bertz CT molecular complexity index is 1530. The van der Waals surface area contributed by atoms with E-state index in [1.54, 1.807) is 18.3 Å². The lowest BCUT2D eigenvalue weighted by Crippen LogP contribution is -2.47. The fourth-order valence-corrected chi connectivity index (χ4v) is 5.17. The number of rotatable bonds is 13. The van der Waals surface area contributed by atoms with E-state index in [1.165, 1.54) is 0 Å². The molecule has 0 saturated heterocycles. The normalized spacial score (nSPS) is 13.9. The molecular weight excluding hydrogens is 538 g/mol. The molecule has 3 aromatic carbocycles. The molecule has 0 bridgehead atoms. The molecular formula is C34H39N7O2. The number of hydrogen-bond donors (Lipinski definition) is 5. The first-order valence-corrected chi connectivity index (χ1v) is 14.9. The van der Waals surface area contributed by atoms with Crippen LogP contribution in [-0.2, 0) is 17.9 Å². The van der Waals surface area contributed by atoms with E-state index in [0.29, 0.717) is 38.0 Å². The summed E-state index contributed by atoms with van der Waals surface area (Å²) in [6, 6.07) is 26.6. The first-order valence-electron chi connectivity index (χ1n) is 14.9. The highest BCUT2D eigenvalue weighted by molar-refractivity contribution is 5.97. The standard InChI is InChI=1S/C34H39N7O2/c1-24(29-12-6-9-26-8-2-3-11-30(26)29)40-33(43)31(13-7-19-37-34-38-20-21-39-34)41-32(42)27-16-14-25(15-17-27)22-35-23-28-10-4-5-18-36-28/h2-6,8-12,14-18,24,31,35H,7,13,19-23H2,1H3,(H,40,43)(H,41,42)(H2,37,38,39)/t24-,31-/m0/s1. The zero-order chi connectivity index (χ0) is 29.9. The second-order valence-electron chi connectivity index (χ2n) is 10.7. The lowest BCUT2D eigenvalue weighted by atomic mass is 9.99. The molecule has 0 fully saturated rings. The molecule has 0 spiro atoms. The Morgan fingerprint density at radius 1 is 0.907 bits per heavy atom. The number of fused-ring (bicyclic) bond motifs is 1. The molecule has 9 nitrogen and oxygen atoms in total. The Morgan fingerprint density at radius 3 is 2.51 bits per heavy atom. The SMILES string of the molecule is C[C@H](NC(=O)[C@H](CCCNC1=NCCN1)NC(=O)c1ccc(CNCc2ccccn2)cc1)c1cccc2ccccc12. The third-order valence-electron chi connectivity index (χ3n) is 7.48. The smallest absolute Gasteiger partial charge is 0.251 e. The van der Waals surface area contributed by atoms with Crippen LogP contribution in [0.5, 0.6) is 0 Å². The van der Waals surface area contributed by atoms with Gasteiger partial charge < -0.3 is 26.6 Å². The minimum atomic E-state index is -0.690. The minimum Gasteiger partial charge on any atom is -0.356 e. The van der Waals surface area contributed by atoms with Crippen molar-refractivity contribution in [2.75, 3.05) is 19.6 Å². The fraction of sp³-hybridized carbons (Fsp3) is 0.294. The molecule has 43 heavy (non-hydrogen) atoms. The van der Waals surface area contributed by atoms with Crippen LogP contribution in [0.4, 0.5) is 0 Å². The van der Waals surface area contributed by atoms with E-state index in [2.05, 4.69) is 54.8 Å². The highest BCUT2D eigenvalue weighted by Gasteiger charge is 2.23. The third-order valence-corrected chi connectivity index (χ3v) is 7.48. The Morgan fingerprint density at radius 2 is 1.72 bits per heavy atom. The molecule has 2 atom stereocenters. The number of carbonyl (C=O) groups is 2. The van der Waals surface area contributed by atoms with Crippen LogP contribution < -0.4 is 26.6 Å². The van der Waals surface area contributed by atoms with Crippen molar-refractivity contribution in [2.24, 2.45) is 4.99 Å². The second-order valence-corrected chi connectivity index (χ2v) is 10.7. The summed E-state index contributed by atoms with van der Waals surface area (Å²) in [5.41, 5.74) is 3.58. The number of amides is 2. The molecule has 0 unspecified atom stereocenters. The van der Waals surface area contributed by atoms with Crippen molar-refractivity contribution in [3.8, 4) is 0 Å². The molecule has 0 radical (unpaired) electrons. The first kappa shape index (κ1) is 29.7. The number of pyridine rings is 1. The van der Waals surface area contributed by atoms with Gasteiger partial charge in [-0.1, -0.05) is 60.7 Å². The van der Waals surface area contributed by atoms with Crippen LogP contribution in [-0.4, -0.2) is 48.4 Å². The predicted octanol–water partition coefficient (Wildman–Crippen LogP) is 3.83. The summed E-state index contributed by atoms with van der Waals surface area (Å²) in [5, 5.41) is 18.2. The van der Waals surface area contributed by atoms with Gasteiger partial charge in [0.2, 0.25) is 5.91 Å². The van der Waals surface area contributed by atoms with Crippen LogP contribution in [0.15, 0.2) is 96.1 Å². The largest absolute Gasteiger partial charge is 0.356 e. The number of carbonyl (C=O) groups excluding carboxylic acids is 2. The van der Waals surface area contributed by atoms with Gasteiger partial charge in [0.15, 0.2) is 5.96 Å². The van der Waals surface area contributed by atoms with E-state index in [-0.39, 0.29) is 17.9 Å². The molecule has 5 N–H and O–H groups in total. The van der Waals surface area contributed by atoms with Gasteiger partial charge in [-0.15, -0.1) is 0 Å². The van der Waals surface area contributed by atoms with Crippen molar-refractivity contribution in [3.05, 3.63) is 114 Å². The van der Waals surface area contributed by atoms with E-state index in [9.17, 15) is 9.59 Å². The second kappa shape index (κ2) is 14.9. The molecule has 1 aliphatic rings. The zero-order valence-electron chi connectivity index (χ0n) is 24.5. The maximum atomic E-state index is 13.6. The van der Waals surface area contributed by atoms with Gasteiger partial charge in [-0.05, 0) is 65.9 Å². The molecule has 1 aromatic heterocycles. The summed E-state index contributed by atoms with van der Waals surface area (Å²) in [5.74, 6) is 0.297. The molecule has 222 valence electrons. The Labute approximate surface area is 252 Å². The van der Waals surface area contributed by atoms with Crippen molar-refractivity contribution >= 4 is 28.5 Å². The molecule has 1 aliphatic heterocycles. The van der Waals surface area contributed by atoms with Crippen LogP contribution in [0.1, 0.15) is 53.0 Å². The van der Waals surface area contributed by atoms with Gasteiger partial charge >= 0.3 is 0 Å². The Kier molecular flexibility index (Phi) is 10.3. The average molecular weight is 578 g/mol. The summed E-state index contributed by atoms with van der Waals surface area (Å²) in [6.07, 6.45) is 2.94. The van der Waals surface area contributed by atoms with Gasteiger partial charge in [0.1, 0.15) is 6.04 Å². The molecule has 0 aliphatic carbocycles. The van der Waals surface area contributed by atoms with Gasteiger partial charge in [-0.2, -0.15) is 0 Å². The monoisotopic (exact) mass is 577 g/mol. The van der Waals surface area contributed by atoms with Crippen LogP contribution in [0.3, 0.4) is 0 Å². The van der Waals surface area contributed by atoms with Crippen molar-refractivity contribution in [2.45, 2.75) is 44.9 Å². The van der Waals surface area contributed by atoms with Gasteiger partial charge in [-0.3, -0.25) is 19.6 Å². The van der Waals surface area contributed by atoms with E-state index in [4.69, 9.17) is 0 Å². The van der Waals surface area contributed by atoms with E-state index in [1.807, 2.05) is 61.5 Å². The van der Waals surface area contributed by atoms with Crippen molar-refractivity contribution in [3.63, 3.8) is 0 Å². The summed E-state index contributed by atoms with van der Waals surface area (Å²) >= 11 is 0. The van der Waals surface area contributed by atoms with Crippen LogP contribution in [0.25, 0.3) is 10.8 Å². The highest BCUT2D eigenvalue weighted by Crippen LogP contribution is 2.24. The van der Waals surface area contributed by atoms with Gasteiger partial charge in [0.05, 0.1) is 18.3 Å². The maximum absolute atomic E-state index is 13.6. The maximum Gasteiger partial charge on any atom is 0.251 e. The zero-order valence-corrected chi connectivity index (χ0v) is 24.5. The van der Waals surface area contributed by atoms with Crippen molar-refractivity contribution < 1.29 is 9.59 Å². The molecule has 4 aromatic rings. The lowest BCUT2D eigenvalue weighted by molar-refractivity contribution is -0.123. The van der Waals surface area contributed by atoms with Gasteiger partial charge in [-0.25, -0.2) is 0 Å². The summed E-state index contributed by atoms with van der Waals surface area (Å²) < 4.78 is 0. The molecule has 0 saturated carbocycles. The van der Waals surface area contributed by atoms with E-state index >= 15 is 0 Å². The summed E-state index contributed by atoms with van der Waals surface area (Å²) in [7, 11) is 0. The number of nitrogens with one attached hydrogen (secondary N) is 5. The van der Waals surface area contributed by atoms with Crippen LogP contribution in [0.2, 0.25) is 0 Å². The number of guanidine groups is 1. The van der Waals surface area contributed by atoms with Crippen molar-refractivity contribution in [1.29, 1.82) is 0 Å². The number of benzene rings is 3.